The zero-order valence-electron chi connectivity index (χ0n) is 11.1. The number of urea groups is 1. The van der Waals surface area contributed by atoms with Crippen molar-refractivity contribution in [1.29, 1.82) is 0 Å². The summed E-state index contributed by atoms with van der Waals surface area (Å²) in [5.74, 6) is -0.955. The van der Waals surface area contributed by atoms with E-state index in [0.29, 0.717) is 23.8 Å². The molecule has 1 fully saturated rings. The maximum atomic E-state index is 12.1. The predicted octanol–water partition coefficient (Wildman–Crippen LogP) is 2.71. The molecule has 1 aliphatic carbocycles. The van der Waals surface area contributed by atoms with E-state index in [4.69, 9.17) is 5.11 Å². The van der Waals surface area contributed by atoms with Crippen LogP contribution in [-0.4, -0.2) is 34.6 Å². The number of benzene rings is 1. The van der Waals surface area contributed by atoms with Crippen molar-refractivity contribution in [2.45, 2.75) is 32.7 Å². The number of amides is 2. The molecule has 2 rings (SSSR count). The summed E-state index contributed by atoms with van der Waals surface area (Å²) < 4.78 is 0. The highest BCUT2D eigenvalue weighted by molar-refractivity contribution is 5.93. The van der Waals surface area contributed by atoms with Crippen molar-refractivity contribution in [2.75, 3.05) is 11.9 Å². The first-order chi connectivity index (χ1) is 9.02. The fourth-order valence-electron chi connectivity index (χ4n) is 2.13. The quantitative estimate of drug-likeness (QED) is 0.876. The number of carbonyl (C=O) groups excluding carboxylic acids is 1. The lowest BCUT2D eigenvalue weighted by atomic mass is 10.1. The van der Waals surface area contributed by atoms with E-state index >= 15 is 0 Å². The summed E-state index contributed by atoms with van der Waals surface area (Å²) in [6.45, 7) is 4.36. The molecular formula is C14H18N2O3. The molecule has 1 saturated carbocycles. The van der Waals surface area contributed by atoms with E-state index in [1.807, 2.05) is 6.92 Å². The van der Waals surface area contributed by atoms with Crippen LogP contribution in [0, 0.1) is 6.92 Å². The van der Waals surface area contributed by atoms with Crippen molar-refractivity contribution in [3.8, 4) is 0 Å². The Kier molecular flexibility index (Phi) is 3.74. The largest absolute Gasteiger partial charge is 0.478 e. The van der Waals surface area contributed by atoms with Crippen LogP contribution in [0.15, 0.2) is 18.2 Å². The average molecular weight is 262 g/mol. The normalized spacial score (nSPS) is 14.0. The van der Waals surface area contributed by atoms with E-state index in [9.17, 15) is 9.59 Å². The third kappa shape index (κ3) is 3.05. The molecule has 0 atom stereocenters. The number of hydrogen-bond acceptors (Lipinski definition) is 2. The summed E-state index contributed by atoms with van der Waals surface area (Å²) in [6, 6.07) is 5.06. The van der Waals surface area contributed by atoms with Crippen LogP contribution in [0.5, 0.6) is 0 Å². The third-order valence-electron chi connectivity index (χ3n) is 3.30. The maximum absolute atomic E-state index is 12.1. The van der Waals surface area contributed by atoms with E-state index in [1.54, 1.807) is 24.0 Å². The molecule has 1 aliphatic rings. The van der Waals surface area contributed by atoms with Gasteiger partial charge in [0.05, 0.1) is 5.56 Å². The van der Waals surface area contributed by atoms with Crippen LogP contribution < -0.4 is 5.32 Å². The summed E-state index contributed by atoms with van der Waals surface area (Å²) in [4.78, 5) is 24.8. The molecule has 0 spiro atoms. The predicted molar refractivity (Wildman–Crippen MR) is 72.6 cm³/mol. The third-order valence-corrected chi connectivity index (χ3v) is 3.30. The molecule has 1 aromatic carbocycles. The molecule has 5 heteroatoms. The highest BCUT2D eigenvalue weighted by Gasteiger charge is 2.31. The first-order valence-corrected chi connectivity index (χ1v) is 6.44. The smallest absolute Gasteiger partial charge is 0.335 e. The van der Waals surface area contributed by atoms with Gasteiger partial charge >= 0.3 is 12.0 Å². The van der Waals surface area contributed by atoms with Gasteiger partial charge in [0.25, 0.3) is 0 Å². The van der Waals surface area contributed by atoms with Gasteiger partial charge in [-0.15, -0.1) is 0 Å². The zero-order valence-corrected chi connectivity index (χ0v) is 11.1. The number of aryl methyl sites for hydroxylation is 1. The zero-order chi connectivity index (χ0) is 14.0. The van der Waals surface area contributed by atoms with Gasteiger partial charge in [0, 0.05) is 18.3 Å². The Bertz CT molecular complexity index is 509. The highest BCUT2D eigenvalue weighted by Crippen LogP contribution is 2.27. The summed E-state index contributed by atoms with van der Waals surface area (Å²) in [7, 11) is 0. The van der Waals surface area contributed by atoms with Crippen molar-refractivity contribution in [1.82, 2.24) is 4.90 Å². The Balaban J connectivity index is 2.08. The Morgan fingerprint density at radius 2 is 2.11 bits per heavy atom. The SMILES string of the molecule is CCN(C(=O)Nc1ccc(C(=O)O)c(C)c1)C1CC1. The Labute approximate surface area is 112 Å². The molecule has 19 heavy (non-hydrogen) atoms. The van der Waals surface area contributed by atoms with Crippen molar-refractivity contribution < 1.29 is 14.7 Å². The summed E-state index contributed by atoms with van der Waals surface area (Å²) in [6.07, 6.45) is 2.14. The first kappa shape index (κ1) is 13.4. The fourth-order valence-corrected chi connectivity index (χ4v) is 2.13. The minimum absolute atomic E-state index is 0.118. The second-order valence-electron chi connectivity index (χ2n) is 4.78. The molecular weight excluding hydrogens is 244 g/mol. The van der Waals surface area contributed by atoms with Gasteiger partial charge in [-0.25, -0.2) is 9.59 Å². The molecule has 5 nitrogen and oxygen atoms in total. The van der Waals surface area contributed by atoms with Gasteiger partial charge in [-0.2, -0.15) is 0 Å². The lowest BCUT2D eigenvalue weighted by Gasteiger charge is -2.21. The molecule has 0 radical (unpaired) electrons. The summed E-state index contributed by atoms with van der Waals surface area (Å²) in [5, 5.41) is 11.8. The Morgan fingerprint density at radius 1 is 1.42 bits per heavy atom. The lowest BCUT2D eigenvalue weighted by Crippen LogP contribution is -2.36. The van der Waals surface area contributed by atoms with E-state index < -0.39 is 5.97 Å². The monoisotopic (exact) mass is 262 g/mol. The van der Waals surface area contributed by atoms with Crippen LogP contribution >= 0.6 is 0 Å². The van der Waals surface area contributed by atoms with Crippen LogP contribution in [0.2, 0.25) is 0 Å². The minimum Gasteiger partial charge on any atom is -0.478 e. The molecule has 2 amide bonds. The van der Waals surface area contributed by atoms with E-state index in [-0.39, 0.29) is 11.6 Å². The summed E-state index contributed by atoms with van der Waals surface area (Å²) >= 11 is 0. The van der Waals surface area contributed by atoms with Crippen LogP contribution in [0.3, 0.4) is 0 Å². The van der Waals surface area contributed by atoms with Gasteiger partial charge in [-0.05, 0) is 50.5 Å². The second-order valence-corrected chi connectivity index (χ2v) is 4.78. The van der Waals surface area contributed by atoms with Gasteiger partial charge in [-0.1, -0.05) is 0 Å². The second kappa shape index (κ2) is 5.30. The van der Waals surface area contributed by atoms with Crippen LogP contribution in [0.25, 0.3) is 0 Å². The Hall–Kier alpha value is -2.04. The molecule has 1 aromatic rings. The van der Waals surface area contributed by atoms with Crippen LogP contribution in [0.4, 0.5) is 10.5 Å². The standard InChI is InChI=1S/C14H18N2O3/c1-3-16(11-5-6-11)14(19)15-10-4-7-12(13(17)18)9(2)8-10/h4,7-8,11H,3,5-6H2,1-2H3,(H,15,19)(H,17,18). The number of rotatable bonds is 4. The maximum Gasteiger partial charge on any atom is 0.335 e. The number of carboxylic acid groups (broad SMARTS) is 1. The number of nitrogens with zero attached hydrogens (tertiary/aromatic N) is 1. The number of aromatic carboxylic acids is 1. The van der Waals surface area contributed by atoms with E-state index in [1.165, 1.54) is 6.07 Å². The van der Waals surface area contributed by atoms with Crippen molar-refractivity contribution in [3.05, 3.63) is 29.3 Å². The lowest BCUT2D eigenvalue weighted by molar-refractivity contribution is 0.0696. The molecule has 2 N–H and O–H groups in total. The van der Waals surface area contributed by atoms with Gasteiger partial charge in [0.2, 0.25) is 0 Å². The summed E-state index contributed by atoms with van der Waals surface area (Å²) in [5.41, 5.74) is 1.53. The molecule has 0 bridgehead atoms. The van der Waals surface area contributed by atoms with Gasteiger partial charge in [-0.3, -0.25) is 0 Å². The molecule has 0 heterocycles. The topological polar surface area (TPSA) is 69.6 Å². The van der Waals surface area contributed by atoms with E-state index in [0.717, 1.165) is 12.8 Å². The molecule has 0 aromatic heterocycles. The number of carbonyl (C=O) groups is 2. The fraction of sp³-hybridized carbons (Fsp3) is 0.429. The number of anilines is 1. The van der Waals surface area contributed by atoms with Crippen LogP contribution in [-0.2, 0) is 0 Å². The first-order valence-electron chi connectivity index (χ1n) is 6.44. The Morgan fingerprint density at radius 3 is 2.58 bits per heavy atom. The van der Waals surface area contributed by atoms with Gasteiger partial charge < -0.3 is 15.3 Å². The van der Waals surface area contributed by atoms with Crippen molar-refractivity contribution >= 4 is 17.7 Å². The number of carboxylic acids is 1. The van der Waals surface area contributed by atoms with Gasteiger partial charge in [0.15, 0.2) is 0 Å². The highest BCUT2D eigenvalue weighted by atomic mass is 16.4. The minimum atomic E-state index is -0.955. The van der Waals surface area contributed by atoms with Crippen molar-refractivity contribution in [3.63, 3.8) is 0 Å². The average Bonchev–Trinajstić information content (AvgIpc) is 3.14. The van der Waals surface area contributed by atoms with Crippen molar-refractivity contribution in [2.24, 2.45) is 0 Å². The van der Waals surface area contributed by atoms with Gasteiger partial charge in [0.1, 0.15) is 0 Å². The van der Waals surface area contributed by atoms with E-state index in [2.05, 4.69) is 5.32 Å². The molecule has 0 unspecified atom stereocenters. The molecule has 0 aliphatic heterocycles. The van der Waals surface area contributed by atoms with Crippen LogP contribution in [0.1, 0.15) is 35.7 Å². The molecule has 0 saturated heterocycles. The number of nitrogens with one attached hydrogen (secondary N) is 1. The molecule has 102 valence electrons. The number of hydrogen-bond donors (Lipinski definition) is 2.